The van der Waals surface area contributed by atoms with Crippen LogP contribution >= 0.6 is 22.9 Å². The molecular weight excluding hydrogens is 494 g/mol. The van der Waals surface area contributed by atoms with Gasteiger partial charge < -0.3 is 14.4 Å². The van der Waals surface area contributed by atoms with Crippen molar-refractivity contribution in [1.82, 2.24) is 10.2 Å². The Morgan fingerprint density at radius 2 is 1.64 bits per heavy atom. The zero-order chi connectivity index (χ0) is 25.1. The van der Waals surface area contributed by atoms with E-state index < -0.39 is 5.97 Å². The summed E-state index contributed by atoms with van der Waals surface area (Å²) in [4.78, 5) is 14.2. The highest BCUT2D eigenvalue weighted by atomic mass is 35.5. The van der Waals surface area contributed by atoms with E-state index in [1.165, 1.54) is 39.2 Å². The summed E-state index contributed by atoms with van der Waals surface area (Å²) in [6.07, 6.45) is 8.74. The summed E-state index contributed by atoms with van der Waals surface area (Å²) in [5, 5.41) is 11.3. The monoisotopic (exact) mass is 525 g/mol. The first kappa shape index (κ1) is 25.2. The molecule has 6 nitrogen and oxygen atoms in total. The van der Waals surface area contributed by atoms with Gasteiger partial charge >= 0.3 is 5.97 Å². The number of methoxy groups -OCH3 is 2. The summed E-state index contributed by atoms with van der Waals surface area (Å²) in [6, 6.07) is 13.5. The predicted octanol–water partition coefficient (Wildman–Crippen LogP) is 6.88. The van der Waals surface area contributed by atoms with Gasteiger partial charge in [0, 0.05) is 25.8 Å². The van der Waals surface area contributed by atoms with Crippen LogP contribution in [0.1, 0.15) is 55.3 Å². The van der Waals surface area contributed by atoms with Gasteiger partial charge in [0.05, 0.1) is 23.3 Å². The predicted molar refractivity (Wildman–Crippen MR) is 145 cm³/mol. The van der Waals surface area contributed by atoms with E-state index in [9.17, 15) is 4.79 Å². The number of carbonyl (C=O) groups is 1. The number of hydrogen-bond acceptors (Lipinski definition) is 7. The van der Waals surface area contributed by atoms with Gasteiger partial charge in [0.2, 0.25) is 5.13 Å². The number of aromatic nitrogens is 2. The molecule has 36 heavy (non-hydrogen) atoms. The number of hydrogen-bond donors (Lipinski definition) is 0. The van der Waals surface area contributed by atoms with Crippen LogP contribution in [0.4, 0.5) is 5.13 Å². The van der Waals surface area contributed by atoms with Gasteiger partial charge in [0.25, 0.3) is 0 Å². The lowest BCUT2D eigenvalue weighted by atomic mass is 9.72. The second-order valence-corrected chi connectivity index (χ2v) is 11.1. The van der Waals surface area contributed by atoms with Crippen molar-refractivity contribution < 1.29 is 14.3 Å². The summed E-state index contributed by atoms with van der Waals surface area (Å²) in [5.41, 5.74) is 3.37. The average Bonchev–Trinajstić information content (AvgIpc) is 3.43. The maximum atomic E-state index is 11.8. The molecule has 0 unspecified atom stereocenters. The van der Waals surface area contributed by atoms with E-state index in [2.05, 4.69) is 27.2 Å². The Morgan fingerprint density at radius 3 is 2.28 bits per heavy atom. The smallest absolute Gasteiger partial charge is 0.339 e. The van der Waals surface area contributed by atoms with Crippen molar-refractivity contribution in [3.05, 3.63) is 53.1 Å². The minimum Gasteiger partial charge on any atom is -0.465 e. The minimum atomic E-state index is -0.440. The number of halogens is 1. The molecule has 0 amide bonds. The second kappa shape index (κ2) is 10.9. The van der Waals surface area contributed by atoms with Gasteiger partial charge in [-0.3, -0.25) is 0 Å². The van der Waals surface area contributed by atoms with E-state index in [-0.39, 0.29) is 5.60 Å². The molecule has 0 bridgehead atoms. The van der Waals surface area contributed by atoms with Crippen LogP contribution in [-0.4, -0.2) is 49.1 Å². The third-order valence-corrected chi connectivity index (χ3v) is 9.24. The first-order valence-electron chi connectivity index (χ1n) is 12.7. The first-order chi connectivity index (χ1) is 17.5. The SMILES string of the molecule is COC(=O)c1ccc(-c2ccc(-c3nnc(N4CCC(OC)(C5CCCCC5)CC4)s3)cc2)cc1Cl. The van der Waals surface area contributed by atoms with Crippen LogP contribution in [0.15, 0.2) is 42.5 Å². The molecule has 1 aliphatic carbocycles. The number of ether oxygens (including phenoxy) is 2. The lowest BCUT2D eigenvalue weighted by Gasteiger charge is -2.46. The van der Waals surface area contributed by atoms with Gasteiger partial charge in [-0.25, -0.2) is 4.79 Å². The Hall–Kier alpha value is -2.48. The van der Waals surface area contributed by atoms with Crippen molar-refractivity contribution >= 4 is 34.0 Å². The molecule has 1 aliphatic heterocycles. The van der Waals surface area contributed by atoms with Gasteiger partial charge in [0.1, 0.15) is 5.01 Å². The normalized spacial score (nSPS) is 18.2. The summed E-state index contributed by atoms with van der Waals surface area (Å²) >= 11 is 7.94. The summed E-state index contributed by atoms with van der Waals surface area (Å²) in [5.74, 6) is 0.248. The summed E-state index contributed by atoms with van der Waals surface area (Å²) < 4.78 is 10.9. The molecule has 2 aromatic carbocycles. The molecule has 190 valence electrons. The fourth-order valence-corrected chi connectivity index (χ4v) is 6.88. The van der Waals surface area contributed by atoms with Crippen LogP contribution in [-0.2, 0) is 9.47 Å². The maximum Gasteiger partial charge on any atom is 0.339 e. The zero-order valence-electron chi connectivity index (χ0n) is 20.8. The molecule has 1 saturated carbocycles. The zero-order valence-corrected chi connectivity index (χ0v) is 22.4. The molecule has 2 heterocycles. The van der Waals surface area contributed by atoms with Gasteiger partial charge in [-0.15, -0.1) is 10.2 Å². The molecule has 5 rings (SSSR count). The van der Waals surface area contributed by atoms with Crippen LogP contribution in [0.2, 0.25) is 5.02 Å². The quantitative estimate of drug-likeness (QED) is 0.327. The summed E-state index contributed by atoms with van der Waals surface area (Å²) in [6.45, 7) is 1.92. The van der Waals surface area contributed by atoms with Crippen molar-refractivity contribution in [2.24, 2.45) is 5.92 Å². The van der Waals surface area contributed by atoms with E-state index in [0.717, 1.165) is 52.8 Å². The number of carbonyl (C=O) groups excluding carboxylic acids is 1. The Bertz CT molecular complexity index is 1200. The topological polar surface area (TPSA) is 64.5 Å². The second-order valence-electron chi connectivity index (χ2n) is 9.74. The van der Waals surface area contributed by atoms with Gasteiger partial charge in [-0.2, -0.15) is 0 Å². The minimum absolute atomic E-state index is 0.0260. The Balaban J connectivity index is 1.25. The fourth-order valence-electron chi connectivity index (χ4n) is 5.72. The maximum absolute atomic E-state index is 11.8. The molecule has 1 aromatic heterocycles. The number of anilines is 1. The standard InChI is InChI=1S/C28H32ClN3O3S/c1-34-26(33)23-13-12-21(18-24(23)29)19-8-10-20(11-9-19)25-30-31-27(36-25)32-16-14-28(35-2,15-17-32)22-6-4-3-5-7-22/h8-13,18,22H,3-7,14-17H2,1-2H3. The largest absolute Gasteiger partial charge is 0.465 e. The van der Waals surface area contributed by atoms with Crippen molar-refractivity contribution in [1.29, 1.82) is 0 Å². The number of piperidine rings is 1. The molecule has 0 atom stereocenters. The van der Waals surface area contributed by atoms with Gasteiger partial charge in [-0.05, 0) is 54.9 Å². The third kappa shape index (κ3) is 5.01. The first-order valence-corrected chi connectivity index (χ1v) is 13.8. The Labute approximate surface area is 221 Å². The molecule has 8 heteroatoms. The van der Waals surface area contributed by atoms with Crippen molar-refractivity contribution in [2.45, 2.75) is 50.5 Å². The van der Waals surface area contributed by atoms with Gasteiger partial charge in [0.15, 0.2) is 0 Å². The fraction of sp³-hybridized carbons (Fsp3) is 0.464. The molecule has 2 aliphatic rings. The van der Waals surface area contributed by atoms with Crippen LogP contribution in [0.5, 0.6) is 0 Å². The highest BCUT2D eigenvalue weighted by Crippen LogP contribution is 2.42. The lowest BCUT2D eigenvalue weighted by Crippen LogP contribution is -2.50. The average molecular weight is 526 g/mol. The van der Waals surface area contributed by atoms with E-state index in [1.54, 1.807) is 23.5 Å². The van der Waals surface area contributed by atoms with Crippen LogP contribution in [0, 0.1) is 5.92 Å². The molecule has 2 fully saturated rings. The summed E-state index contributed by atoms with van der Waals surface area (Å²) in [7, 11) is 3.25. The van der Waals surface area contributed by atoms with Crippen LogP contribution in [0.25, 0.3) is 21.7 Å². The molecule has 0 spiro atoms. The number of esters is 1. The van der Waals surface area contributed by atoms with Crippen LogP contribution in [0.3, 0.4) is 0 Å². The van der Waals surface area contributed by atoms with Crippen molar-refractivity contribution in [2.75, 3.05) is 32.2 Å². The molecule has 1 saturated heterocycles. The number of nitrogens with zero attached hydrogens (tertiary/aromatic N) is 3. The highest BCUT2D eigenvalue weighted by molar-refractivity contribution is 7.18. The van der Waals surface area contributed by atoms with Crippen LogP contribution < -0.4 is 4.90 Å². The van der Waals surface area contributed by atoms with E-state index in [4.69, 9.17) is 21.1 Å². The molecule has 0 N–H and O–H groups in total. The van der Waals surface area contributed by atoms with E-state index in [1.807, 2.05) is 25.3 Å². The Kier molecular flexibility index (Phi) is 7.60. The molecule has 0 radical (unpaired) electrons. The molecular formula is C28H32ClN3O3S. The highest BCUT2D eigenvalue weighted by Gasteiger charge is 2.42. The number of benzene rings is 2. The van der Waals surface area contributed by atoms with E-state index in [0.29, 0.717) is 16.5 Å². The third-order valence-electron chi connectivity index (χ3n) is 7.89. The lowest BCUT2D eigenvalue weighted by molar-refractivity contribution is -0.0856. The van der Waals surface area contributed by atoms with E-state index >= 15 is 0 Å². The van der Waals surface area contributed by atoms with Gasteiger partial charge in [-0.1, -0.05) is 72.5 Å². The number of rotatable bonds is 6. The van der Waals surface area contributed by atoms with Crippen molar-refractivity contribution in [3.8, 4) is 21.7 Å². The molecule has 3 aromatic rings. The Morgan fingerprint density at radius 1 is 0.972 bits per heavy atom. The van der Waals surface area contributed by atoms with Crippen molar-refractivity contribution in [3.63, 3.8) is 0 Å².